The first-order valence-electron chi connectivity index (χ1n) is 7.22. The van der Waals surface area contributed by atoms with Gasteiger partial charge in [0.1, 0.15) is 0 Å². The third-order valence-corrected chi connectivity index (χ3v) is 5.11. The predicted octanol–water partition coefficient (Wildman–Crippen LogP) is 2.70. The van der Waals surface area contributed by atoms with E-state index in [0.29, 0.717) is 11.4 Å². The minimum absolute atomic E-state index is 0.0415. The molecule has 1 rings (SSSR count). The third-order valence-electron chi connectivity index (χ3n) is 3.36. The Kier molecular flexibility index (Phi) is 6.65. The fourth-order valence-electron chi connectivity index (χ4n) is 2.23. The summed E-state index contributed by atoms with van der Waals surface area (Å²) in [6.07, 6.45) is 4.19. The third kappa shape index (κ3) is 4.89. The van der Waals surface area contributed by atoms with Crippen molar-refractivity contribution in [2.24, 2.45) is 5.73 Å². The summed E-state index contributed by atoms with van der Waals surface area (Å²) in [6.45, 7) is 6.27. The SMILES string of the molecule is CCCCCC(C)NS(=O)(=O)c1ccc(CN)cc1C. The van der Waals surface area contributed by atoms with Crippen LogP contribution < -0.4 is 10.5 Å². The van der Waals surface area contributed by atoms with Crippen LogP contribution in [0.3, 0.4) is 0 Å². The first-order chi connectivity index (χ1) is 9.40. The number of sulfonamides is 1. The normalized spacial score (nSPS) is 13.4. The van der Waals surface area contributed by atoms with Crippen LogP contribution in [0.1, 0.15) is 50.7 Å². The lowest BCUT2D eigenvalue weighted by molar-refractivity contribution is 0.527. The maximum atomic E-state index is 12.4. The van der Waals surface area contributed by atoms with Gasteiger partial charge in [0.05, 0.1) is 4.90 Å². The van der Waals surface area contributed by atoms with Gasteiger partial charge >= 0.3 is 0 Å². The zero-order valence-corrected chi connectivity index (χ0v) is 13.5. The second-order valence-electron chi connectivity index (χ2n) is 5.32. The molecule has 114 valence electrons. The number of unbranched alkanes of at least 4 members (excludes halogenated alkanes) is 2. The van der Waals surface area contributed by atoms with Crippen LogP contribution in [-0.2, 0) is 16.6 Å². The summed E-state index contributed by atoms with van der Waals surface area (Å²) in [5, 5.41) is 0. The topological polar surface area (TPSA) is 72.2 Å². The molecule has 0 heterocycles. The van der Waals surface area contributed by atoms with Gasteiger partial charge in [-0.3, -0.25) is 0 Å². The first-order valence-corrected chi connectivity index (χ1v) is 8.71. The largest absolute Gasteiger partial charge is 0.326 e. The molecule has 0 bridgehead atoms. The van der Waals surface area contributed by atoms with Gasteiger partial charge in [0, 0.05) is 12.6 Å². The van der Waals surface area contributed by atoms with Gasteiger partial charge < -0.3 is 5.73 Å². The molecule has 3 N–H and O–H groups in total. The van der Waals surface area contributed by atoms with Crippen LogP contribution in [0.15, 0.2) is 23.1 Å². The molecule has 1 aromatic rings. The van der Waals surface area contributed by atoms with E-state index in [4.69, 9.17) is 5.73 Å². The van der Waals surface area contributed by atoms with Gasteiger partial charge in [0.25, 0.3) is 0 Å². The quantitative estimate of drug-likeness (QED) is 0.725. The lowest BCUT2D eigenvalue weighted by atomic mass is 10.1. The summed E-state index contributed by atoms with van der Waals surface area (Å²) in [6, 6.07) is 5.19. The molecule has 0 saturated carbocycles. The minimum Gasteiger partial charge on any atom is -0.326 e. The number of aryl methyl sites for hydroxylation is 1. The van der Waals surface area contributed by atoms with Crippen molar-refractivity contribution in [1.29, 1.82) is 0 Å². The van der Waals surface area contributed by atoms with Crippen LogP contribution in [0, 0.1) is 6.92 Å². The van der Waals surface area contributed by atoms with E-state index in [1.807, 2.05) is 13.0 Å². The van der Waals surface area contributed by atoms with E-state index in [1.165, 1.54) is 0 Å². The highest BCUT2D eigenvalue weighted by atomic mass is 32.2. The molecule has 0 radical (unpaired) electrons. The zero-order valence-electron chi connectivity index (χ0n) is 12.6. The minimum atomic E-state index is -3.44. The van der Waals surface area contributed by atoms with Gasteiger partial charge in [-0.1, -0.05) is 38.3 Å². The summed E-state index contributed by atoms with van der Waals surface area (Å²) in [5.74, 6) is 0. The van der Waals surface area contributed by atoms with E-state index >= 15 is 0 Å². The average molecular weight is 298 g/mol. The van der Waals surface area contributed by atoms with Gasteiger partial charge in [0.15, 0.2) is 0 Å². The van der Waals surface area contributed by atoms with Crippen molar-refractivity contribution in [3.05, 3.63) is 29.3 Å². The van der Waals surface area contributed by atoms with Gasteiger partial charge in [-0.15, -0.1) is 0 Å². The Hall–Kier alpha value is -0.910. The van der Waals surface area contributed by atoms with E-state index < -0.39 is 10.0 Å². The number of benzene rings is 1. The smallest absolute Gasteiger partial charge is 0.241 e. The number of nitrogens with one attached hydrogen (secondary N) is 1. The average Bonchev–Trinajstić information content (AvgIpc) is 2.37. The number of rotatable bonds is 8. The van der Waals surface area contributed by atoms with E-state index in [0.717, 1.165) is 36.8 Å². The molecule has 0 spiro atoms. The molecule has 0 aliphatic rings. The maximum absolute atomic E-state index is 12.4. The molecule has 1 unspecified atom stereocenters. The molecule has 5 heteroatoms. The molecule has 4 nitrogen and oxygen atoms in total. The predicted molar refractivity (Wildman–Crippen MR) is 83.0 cm³/mol. The van der Waals surface area contributed by atoms with Crippen LogP contribution in [0.4, 0.5) is 0 Å². The Morgan fingerprint density at radius 2 is 2.00 bits per heavy atom. The molecule has 0 fully saturated rings. The fraction of sp³-hybridized carbons (Fsp3) is 0.600. The molecular weight excluding hydrogens is 272 g/mol. The van der Waals surface area contributed by atoms with Crippen molar-refractivity contribution in [2.75, 3.05) is 0 Å². The maximum Gasteiger partial charge on any atom is 0.241 e. The van der Waals surface area contributed by atoms with Gasteiger partial charge in [0.2, 0.25) is 10.0 Å². The fourth-order valence-corrected chi connectivity index (χ4v) is 3.73. The highest BCUT2D eigenvalue weighted by molar-refractivity contribution is 7.89. The highest BCUT2D eigenvalue weighted by Crippen LogP contribution is 2.17. The summed E-state index contributed by atoms with van der Waals surface area (Å²) in [7, 11) is -3.44. The van der Waals surface area contributed by atoms with E-state index in [-0.39, 0.29) is 6.04 Å². The second kappa shape index (κ2) is 7.76. The Morgan fingerprint density at radius 1 is 1.30 bits per heavy atom. The van der Waals surface area contributed by atoms with Gasteiger partial charge in [-0.05, 0) is 37.5 Å². The zero-order chi connectivity index (χ0) is 15.2. The lowest BCUT2D eigenvalue weighted by Crippen LogP contribution is -2.33. The van der Waals surface area contributed by atoms with Crippen molar-refractivity contribution >= 4 is 10.0 Å². The standard InChI is InChI=1S/C15H26N2O2S/c1-4-5-6-7-13(3)17-20(18,19)15-9-8-14(11-16)10-12(15)2/h8-10,13,17H,4-7,11,16H2,1-3H3. The summed E-state index contributed by atoms with van der Waals surface area (Å²) < 4.78 is 27.5. The molecule has 1 atom stereocenters. The highest BCUT2D eigenvalue weighted by Gasteiger charge is 2.19. The van der Waals surface area contributed by atoms with Crippen molar-refractivity contribution < 1.29 is 8.42 Å². The lowest BCUT2D eigenvalue weighted by Gasteiger charge is -2.15. The molecule has 0 aliphatic carbocycles. The first kappa shape index (κ1) is 17.1. The van der Waals surface area contributed by atoms with E-state index in [9.17, 15) is 8.42 Å². The monoisotopic (exact) mass is 298 g/mol. The van der Waals surface area contributed by atoms with E-state index in [2.05, 4.69) is 11.6 Å². The van der Waals surface area contributed by atoms with Crippen LogP contribution in [0.2, 0.25) is 0 Å². The molecule has 0 saturated heterocycles. The second-order valence-corrected chi connectivity index (χ2v) is 7.00. The van der Waals surface area contributed by atoms with Crippen LogP contribution in [0.25, 0.3) is 0 Å². The van der Waals surface area contributed by atoms with E-state index in [1.54, 1.807) is 19.1 Å². The van der Waals surface area contributed by atoms with Crippen molar-refractivity contribution in [1.82, 2.24) is 4.72 Å². The van der Waals surface area contributed by atoms with Crippen LogP contribution in [0.5, 0.6) is 0 Å². The molecule has 1 aromatic carbocycles. The molecule has 0 amide bonds. The van der Waals surface area contributed by atoms with Gasteiger partial charge in [-0.2, -0.15) is 0 Å². The Bertz CT molecular complexity index is 527. The number of nitrogens with two attached hydrogens (primary N) is 1. The molecule has 0 aromatic heterocycles. The van der Waals surface area contributed by atoms with Crippen LogP contribution >= 0.6 is 0 Å². The Labute approximate surface area is 122 Å². The molecule has 0 aliphatic heterocycles. The molecular formula is C15H26N2O2S. The van der Waals surface area contributed by atoms with Crippen molar-refractivity contribution in [3.63, 3.8) is 0 Å². The summed E-state index contributed by atoms with van der Waals surface area (Å²) in [4.78, 5) is 0.344. The summed E-state index contributed by atoms with van der Waals surface area (Å²) >= 11 is 0. The van der Waals surface area contributed by atoms with Crippen LogP contribution in [-0.4, -0.2) is 14.5 Å². The Balaban J connectivity index is 2.78. The number of hydrogen-bond donors (Lipinski definition) is 2. The molecule has 20 heavy (non-hydrogen) atoms. The number of hydrogen-bond acceptors (Lipinski definition) is 3. The van der Waals surface area contributed by atoms with Gasteiger partial charge in [-0.25, -0.2) is 13.1 Å². The summed E-state index contributed by atoms with van der Waals surface area (Å²) in [5.41, 5.74) is 7.24. The van der Waals surface area contributed by atoms with Crippen molar-refractivity contribution in [3.8, 4) is 0 Å². The van der Waals surface area contributed by atoms with Crippen molar-refractivity contribution in [2.45, 2.75) is 63.9 Å². The Morgan fingerprint density at radius 3 is 2.55 bits per heavy atom.